The minimum Gasteiger partial charge on any atom is -0.507 e. The summed E-state index contributed by atoms with van der Waals surface area (Å²) in [4.78, 5) is 0. The topological polar surface area (TPSA) is 67.5 Å². The molecule has 0 aliphatic heterocycles. The lowest BCUT2D eigenvalue weighted by Gasteiger charge is -2.11. The minimum absolute atomic E-state index is 0.0312. The van der Waals surface area contributed by atoms with E-state index in [0.29, 0.717) is 22.0 Å². The van der Waals surface area contributed by atoms with E-state index in [9.17, 15) is 5.11 Å². The van der Waals surface area contributed by atoms with Crippen molar-refractivity contribution in [2.75, 3.05) is 6.61 Å². The number of halogens is 1. The third kappa shape index (κ3) is 3.28. The molecular weight excluding hydrogens is 360 g/mol. The Morgan fingerprint density at radius 3 is 2.83 bits per heavy atom. The number of aryl methyl sites for hydroxylation is 2. The van der Waals surface area contributed by atoms with Gasteiger partial charge in [-0.3, -0.25) is 0 Å². The standard InChI is InChI=1S/C17H19BrN2O3/c1-10-8-13(18)14(22)9-15(10)23-17-12(4-3-7-21)16(11-5-6-11)19-20(17)2/h3-4,8-9,11,21-22H,5-7H2,1-2H3. The molecule has 5 nitrogen and oxygen atoms in total. The Bertz CT molecular complexity index is 764. The van der Waals surface area contributed by atoms with Gasteiger partial charge in [0.25, 0.3) is 0 Å². The van der Waals surface area contributed by atoms with Crippen molar-refractivity contribution in [3.05, 3.63) is 39.5 Å². The van der Waals surface area contributed by atoms with E-state index in [0.717, 1.165) is 29.7 Å². The molecule has 0 saturated heterocycles. The Morgan fingerprint density at radius 1 is 1.43 bits per heavy atom. The third-order valence-electron chi connectivity index (χ3n) is 3.86. The SMILES string of the molecule is Cc1cc(Br)c(O)cc1Oc1c(C=CCO)c(C2CC2)nn1C. The van der Waals surface area contributed by atoms with Crippen LogP contribution < -0.4 is 4.74 Å². The maximum atomic E-state index is 9.89. The molecule has 0 radical (unpaired) electrons. The Labute approximate surface area is 143 Å². The first-order chi connectivity index (χ1) is 11.0. The van der Waals surface area contributed by atoms with Crippen LogP contribution in [0.5, 0.6) is 17.4 Å². The number of aromatic nitrogens is 2. The summed E-state index contributed by atoms with van der Waals surface area (Å²) in [5.74, 6) is 1.79. The molecule has 23 heavy (non-hydrogen) atoms. The summed E-state index contributed by atoms with van der Waals surface area (Å²) >= 11 is 3.30. The number of hydrogen-bond donors (Lipinski definition) is 2. The molecule has 0 unspecified atom stereocenters. The fourth-order valence-corrected chi connectivity index (χ4v) is 2.97. The summed E-state index contributed by atoms with van der Waals surface area (Å²) in [5.41, 5.74) is 2.80. The first-order valence-electron chi connectivity index (χ1n) is 7.52. The molecule has 0 amide bonds. The van der Waals surface area contributed by atoms with Crippen LogP contribution in [-0.4, -0.2) is 26.6 Å². The van der Waals surface area contributed by atoms with E-state index >= 15 is 0 Å². The van der Waals surface area contributed by atoms with Crippen LogP contribution in [0.2, 0.25) is 0 Å². The van der Waals surface area contributed by atoms with E-state index in [1.54, 1.807) is 16.8 Å². The van der Waals surface area contributed by atoms with Crippen molar-refractivity contribution in [3.8, 4) is 17.4 Å². The normalized spacial score (nSPS) is 14.6. The fourth-order valence-electron chi connectivity index (χ4n) is 2.51. The van der Waals surface area contributed by atoms with Crippen LogP contribution in [0.4, 0.5) is 0 Å². The highest BCUT2D eigenvalue weighted by atomic mass is 79.9. The number of rotatable bonds is 5. The fraction of sp³-hybridized carbons (Fsp3) is 0.353. The van der Waals surface area contributed by atoms with Crippen LogP contribution in [0.3, 0.4) is 0 Å². The number of aromatic hydroxyl groups is 1. The van der Waals surface area contributed by atoms with Gasteiger partial charge in [0.2, 0.25) is 5.88 Å². The van der Waals surface area contributed by atoms with Gasteiger partial charge in [0.1, 0.15) is 11.5 Å². The summed E-state index contributed by atoms with van der Waals surface area (Å²) in [5, 5.41) is 23.5. The molecule has 2 N–H and O–H groups in total. The molecule has 0 atom stereocenters. The lowest BCUT2D eigenvalue weighted by Crippen LogP contribution is -1.97. The first kappa shape index (κ1) is 16.1. The highest BCUT2D eigenvalue weighted by Gasteiger charge is 2.31. The lowest BCUT2D eigenvalue weighted by atomic mass is 10.1. The van der Waals surface area contributed by atoms with Crippen LogP contribution in [0.1, 0.15) is 35.6 Å². The molecule has 0 bridgehead atoms. The maximum absolute atomic E-state index is 9.89. The molecule has 1 heterocycles. The van der Waals surface area contributed by atoms with Gasteiger partial charge in [-0.1, -0.05) is 6.08 Å². The van der Waals surface area contributed by atoms with Crippen molar-refractivity contribution >= 4 is 22.0 Å². The highest BCUT2D eigenvalue weighted by molar-refractivity contribution is 9.10. The maximum Gasteiger partial charge on any atom is 0.225 e. The smallest absolute Gasteiger partial charge is 0.225 e. The van der Waals surface area contributed by atoms with Crippen molar-refractivity contribution in [1.29, 1.82) is 0 Å². The molecule has 1 saturated carbocycles. The van der Waals surface area contributed by atoms with E-state index in [-0.39, 0.29) is 12.4 Å². The van der Waals surface area contributed by atoms with Gasteiger partial charge in [-0.2, -0.15) is 5.10 Å². The van der Waals surface area contributed by atoms with Gasteiger partial charge in [-0.25, -0.2) is 4.68 Å². The zero-order valence-corrected chi connectivity index (χ0v) is 14.7. The van der Waals surface area contributed by atoms with Gasteiger partial charge in [0.05, 0.1) is 22.3 Å². The number of phenols is 1. The van der Waals surface area contributed by atoms with E-state index in [2.05, 4.69) is 21.0 Å². The second-order valence-electron chi connectivity index (χ2n) is 5.76. The summed E-state index contributed by atoms with van der Waals surface area (Å²) in [6.07, 6.45) is 5.80. The van der Waals surface area contributed by atoms with Gasteiger partial charge in [0.15, 0.2) is 0 Å². The summed E-state index contributed by atoms with van der Waals surface area (Å²) < 4.78 is 8.39. The van der Waals surface area contributed by atoms with Gasteiger partial charge >= 0.3 is 0 Å². The average Bonchev–Trinajstić information content (AvgIpc) is 3.30. The van der Waals surface area contributed by atoms with Gasteiger partial charge in [-0.05, 0) is 53.4 Å². The van der Waals surface area contributed by atoms with Gasteiger partial charge < -0.3 is 14.9 Å². The molecule has 1 fully saturated rings. The predicted octanol–water partition coefficient (Wildman–Crippen LogP) is 3.87. The van der Waals surface area contributed by atoms with Crippen molar-refractivity contribution in [3.63, 3.8) is 0 Å². The van der Waals surface area contributed by atoms with E-state index in [1.165, 1.54) is 0 Å². The average molecular weight is 379 g/mol. The Kier molecular flexibility index (Phi) is 4.46. The quantitative estimate of drug-likeness (QED) is 0.828. The first-order valence-corrected chi connectivity index (χ1v) is 8.31. The largest absolute Gasteiger partial charge is 0.507 e. The van der Waals surface area contributed by atoms with Gasteiger partial charge in [0, 0.05) is 19.0 Å². The number of hydrogen-bond acceptors (Lipinski definition) is 4. The number of nitrogens with zero attached hydrogens (tertiary/aromatic N) is 2. The number of phenolic OH excluding ortho intramolecular Hbond substituents is 1. The second-order valence-corrected chi connectivity index (χ2v) is 6.61. The molecule has 0 spiro atoms. The minimum atomic E-state index is -0.0312. The molecule has 1 aliphatic carbocycles. The summed E-state index contributed by atoms with van der Waals surface area (Å²) in [7, 11) is 1.84. The van der Waals surface area contributed by atoms with Crippen LogP contribution in [0, 0.1) is 6.92 Å². The van der Waals surface area contributed by atoms with Crippen molar-refractivity contribution in [2.24, 2.45) is 7.05 Å². The van der Waals surface area contributed by atoms with E-state index < -0.39 is 0 Å². The molecule has 3 rings (SSSR count). The lowest BCUT2D eigenvalue weighted by molar-refractivity contribution is 0.343. The Morgan fingerprint density at radius 2 is 2.17 bits per heavy atom. The van der Waals surface area contributed by atoms with Crippen molar-refractivity contribution in [2.45, 2.75) is 25.7 Å². The molecule has 1 aromatic carbocycles. The zero-order chi connectivity index (χ0) is 16.6. The highest BCUT2D eigenvalue weighted by Crippen LogP contribution is 2.44. The molecule has 6 heteroatoms. The summed E-state index contributed by atoms with van der Waals surface area (Å²) in [6.45, 7) is 1.89. The molecular formula is C17H19BrN2O3. The van der Waals surface area contributed by atoms with Crippen molar-refractivity contribution < 1.29 is 14.9 Å². The van der Waals surface area contributed by atoms with Gasteiger partial charge in [-0.15, -0.1) is 0 Å². The van der Waals surface area contributed by atoms with Crippen LogP contribution in [-0.2, 0) is 7.05 Å². The Hall–Kier alpha value is -1.79. The number of ether oxygens (including phenoxy) is 1. The molecule has 122 valence electrons. The van der Waals surface area contributed by atoms with Crippen LogP contribution in [0.25, 0.3) is 6.08 Å². The third-order valence-corrected chi connectivity index (χ3v) is 4.50. The molecule has 1 aliphatic rings. The van der Waals surface area contributed by atoms with E-state index in [1.807, 2.05) is 26.1 Å². The Balaban J connectivity index is 2.02. The van der Waals surface area contributed by atoms with Crippen molar-refractivity contribution in [1.82, 2.24) is 9.78 Å². The monoisotopic (exact) mass is 378 g/mol. The second kappa shape index (κ2) is 6.37. The van der Waals surface area contributed by atoms with Crippen LogP contribution >= 0.6 is 15.9 Å². The predicted molar refractivity (Wildman–Crippen MR) is 91.9 cm³/mol. The van der Waals surface area contributed by atoms with Crippen LogP contribution in [0.15, 0.2) is 22.7 Å². The molecule has 1 aromatic heterocycles. The number of benzene rings is 1. The van der Waals surface area contributed by atoms with E-state index in [4.69, 9.17) is 9.84 Å². The number of aliphatic hydroxyl groups is 1. The summed E-state index contributed by atoms with van der Waals surface area (Å²) in [6, 6.07) is 3.40. The number of aliphatic hydroxyl groups excluding tert-OH is 1. The molecule has 2 aromatic rings. The zero-order valence-electron chi connectivity index (χ0n) is 13.1.